The summed E-state index contributed by atoms with van der Waals surface area (Å²) in [5.41, 5.74) is 1.22. The van der Waals surface area contributed by atoms with Crippen molar-refractivity contribution >= 4 is 40.7 Å². The smallest absolute Gasteiger partial charge is 0.194 e. The summed E-state index contributed by atoms with van der Waals surface area (Å²) >= 11 is 0. The molecular weight excluding hydrogens is 481 g/mol. The first-order chi connectivity index (χ1) is 13.8. The van der Waals surface area contributed by atoms with Gasteiger partial charge in [-0.1, -0.05) is 18.2 Å². The maximum absolute atomic E-state index is 5.96. The van der Waals surface area contributed by atoms with Gasteiger partial charge in [0.2, 0.25) is 0 Å². The molecule has 6 nitrogen and oxygen atoms in total. The average Bonchev–Trinajstić information content (AvgIpc) is 3.29. The van der Waals surface area contributed by atoms with Gasteiger partial charge in [0.1, 0.15) is 11.9 Å². The van der Waals surface area contributed by atoms with Gasteiger partial charge in [0.15, 0.2) is 5.96 Å². The third kappa shape index (κ3) is 5.32. The third-order valence-electron chi connectivity index (χ3n) is 5.55. The number of halogens is 1. The quantitative estimate of drug-likeness (QED) is 0.388. The molecule has 2 unspecified atom stereocenters. The van der Waals surface area contributed by atoms with E-state index in [2.05, 4.69) is 45.5 Å². The van der Waals surface area contributed by atoms with Crippen LogP contribution in [0.3, 0.4) is 0 Å². The van der Waals surface area contributed by atoms with E-state index in [1.165, 1.54) is 16.3 Å². The number of hydrogen-bond donors (Lipinski definition) is 1. The molecule has 1 N–H and O–H groups in total. The predicted octanol–water partition coefficient (Wildman–Crippen LogP) is 3.42. The summed E-state index contributed by atoms with van der Waals surface area (Å²) in [5, 5.41) is 5.90. The van der Waals surface area contributed by atoms with Crippen LogP contribution in [0, 0.1) is 0 Å². The Bertz CT molecular complexity index is 839. The van der Waals surface area contributed by atoms with Crippen molar-refractivity contribution in [2.24, 2.45) is 4.99 Å². The molecule has 2 atom stereocenters. The van der Waals surface area contributed by atoms with Gasteiger partial charge in [0, 0.05) is 33.3 Å². The highest BCUT2D eigenvalue weighted by molar-refractivity contribution is 14.0. The highest BCUT2D eigenvalue weighted by Crippen LogP contribution is 2.23. The van der Waals surface area contributed by atoms with E-state index in [9.17, 15) is 0 Å². The first-order valence-corrected chi connectivity index (χ1v) is 10.0. The maximum Gasteiger partial charge on any atom is 0.194 e. The van der Waals surface area contributed by atoms with Crippen LogP contribution in [0.4, 0.5) is 0 Å². The molecule has 2 saturated heterocycles. The molecule has 0 spiro atoms. The van der Waals surface area contributed by atoms with E-state index in [4.69, 9.17) is 14.2 Å². The number of nitrogens with one attached hydrogen (secondary N) is 1. The molecule has 2 aromatic rings. The van der Waals surface area contributed by atoms with Gasteiger partial charge in [0.25, 0.3) is 0 Å². The summed E-state index contributed by atoms with van der Waals surface area (Å²) in [4.78, 5) is 6.77. The van der Waals surface area contributed by atoms with Gasteiger partial charge < -0.3 is 24.4 Å². The first-order valence-electron chi connectivity index (χ1n) is 10.0. The van der Waals surface area contributed by atoms with E-state index in [0.717, 1.165) is 50.8 Å². The molecule has 0 saturated carbocycles. The molecule has 2 aliphatic rings. The van der Waals surface area contributed by atoms with Gasteiger partial charge in [-0.3, -0.25) is 4.99 Å². The SMILES string of the molecule is CN=C(NCc1ccc2cc(OC)ccc2c1)N1CCOC(C2CCCO2)C1.I. The van der Waals surface area contributed by atoms with Crippen LogP contribution in [0.1, 0.15) is 18.4 Å². The van der Waals surface area contributed by atoms with E-state index in [-0.39, 0.29) is 36.2 Å². The zero-order valence-electron chi connectivity index (χ0n) is 17.1. The maximum atomic E-state index is 5.96. The number of fused-ring (bicyclic) bond motifs is 1. The Morgan fingerprint density at radius 2 is 1.93 bits per heavy atom. The fourth-order valence-corrected chi connectivity index (χ4v) is 4.01. The zero-order valence-corrected chi connectivity index (χ0v) is 19.4. The number of hydrogen-bond acceptors (Lipinski definition) is 4. The van der Waals surface area contributed by atoms with Crippen LogP contribution in [0.25, 0.3) is 10.8 Å². The highest BCUT2D eigenvalue weighted by atomic mass is 127. The Morgan fingerprint density at radius 3 is 2.69 bits per heavy atom. The first kappa shape index (κ1) is 22.1. The van der Waals surface area contributed by atoms with Gasteiger partial charge in [0.05, 0.1) is 19.8 Å². The minimum absolute atomic E-state index is 0. The number of nitrogens with zero attached hydrogens (tertiary/aromatic N) is 2. The van der Waals surface area contributed by atoms with E-state index in [0.29, 0.717) is 6.61 Å². The van der Waals surface area contributed by atoms with Crippen LogP contribution in [0.5, 0.6) is 5.75 Å². The predicted molar refractivity (Wildman–Crippen MR) is 126 cm³/mol. The number of methoxy groups -OCH3 is 1. The Labute approximate surface area is 189 Å². The summed E-state index contributed by atoms with van der Waals surface area (Å²) in [6.45, 7) is 3.97. The lowest BCUT2D eigenvalue weighted by Crippen LogP contribution is -2.53. The molecule has 0 amide bonds. The zero-order chi connectivity index (χ0) is 19.3. The molecule has 158 valence electrons. The number of benzene rings is 2. The third-order valence-corrected chi connectivity index (χ3v) is 5.55. The summed E-state index contributed by atoms with van der Waals surface area (Å²) in [5.74, 6) is 1.80. The second kappa shape index (κ2) is 10.4. The molecule has 2 aromatic carbocycles. The van der Waals surface area contributed by atoms with Crippen molar-refractivity contribution in [3.8, 4) is 5.75 Å². The number of aliphatic imine (C=N–C) groups is 1. The van der Waals surface area contributed by atoms with Crippen LogP contribution >= 0.6 is 24.0 Å². The van der Waals surface area contributed by atoms with Crippen molar-refractivity contribution in [3.05, 3.63) is 42.0 Å². The summed E-state index contributed by atoms with van der Waals surface area (Å²) in [6, 6.07) is 12.7. The minimum atomic E-state index is 0. The Morgan fingerprint density at radius 1 is 1.14 bits per heavy atom. The fraction of sp³-hybridized carbons (Fsp3) is 0.500. The molecule has 4 rings (SSSR count). The lowest BCUT2D eigenvalue weighted by Gasteiger charge is -2.37. The Hall–Kier alpha value is -1.58. The average molecular weight is 511 g/mol. The number of guanidine groups is 1. The van der Waals surface area contributed by atoms with Gasteiger partial charge in [-0.25, -0.2) is 0 Å². The van der Waals surface area contributed by atoms with Crippen molar-refractivity contribution in [3.63, 3.8) is 0 Å². The molecule has 0 bridgehead atoms. The van der Waals surface area contributed by atoms with Crippen molar-refractivity contribution < 1.29 is 14.2 Å². The lowest BCUT2D eigenvalue weighted by molar-refractivity contribution is -0.0817. The molecule has 0 radical (unpaired) electrons. The van der Waals surface area contributed by atoms with Crippen molar-refractivity contribution in [1.82, 2.24) is 10.2 Å². The summed E-state index contributed by atoms with van der Waals surface area (Å²) in [7, 11) is 3.53. The van der Waals surface area contributed by atoms with Crippen LogP contribution in [0.2, 0.25) is 0 Å². The second-order valence-electron chi connectivity index (χ2n) is 7.35. The van der Waals surface area contributed by atoms with Gasteiger partial charge >= 0.3 is 0 Å². The van der Waals surface area contributed by atoms with E-state index in [1.54, 1.807) is 7.11 Å². The summed E-state index contributed by atoms with van der Waals surface area (Å²) < 4.78 is 17.1. The largest absolute Gasteiger partial charge is 0.497 e. The number of rotatable bonds is 4. The minimum Gasteiger partial charge on any atom is -0.497 e. The Kier molecular flexibility index (Phi) is 7.97. The van der Waals surface area contributed by atoms with Gasteiger partial charge in [-0.15, -0.1) is 24.0 Å². The van der Waals surface area contributed by atoms with Crippen LogP contribution in [-0.2, 0) is 16.0 Å². The van der Waals surface area contributed by atoms with Crippen molar-refractivity contribution in [1.29, 1.82) is 0 Å². The molecule has 0 aromatic heterocycles. The molecule has 2 aliphatic heterocycles. The molecular formula is C22H30IN3O3. The van der Waals surface area contributed by atoms with Crippen LogP contribution in [0.15, 0.2) is 41.4 Å². The number of morpholine rings is 1. The van der Waals surface area contributed by atoms with Crippen LogP contribution in [-0.4, -0.2) is 63.5 Å². The van der Waals surface area contributed by atoms with Gasteiger partial charge in [-0.2, -0.15) is 0 Å². The molecule has 2 heterocycles. The van der Waals surface area contributed by atoms with Crippen molar-refractivity contribution in [2.45, 2.75) is 31.6 Å². The molecule has 7 heteroatoms. The number of ether oxygens (including phenoxy) is 3. The van der Waals surface area contributed by atoms with E-state index >= 15 is 0 Å². The normalized spacial score (nSPS) is 22.4. The Balaban J connectivity index is 0.00000240. The highest BCUT2D eigenvalue weighted by Gasteiger charge is 2.32. The molecule has 2 fully saturated rings. The van der Waals surface area contributed by atoms with Gasteiger partial charge in [-0.05, 0) is 47.4 Å². The molecule has 0 aliphatic carbocycles. The second-order valence-corrected chi connectivity index (χ2v) is 7.35. The topological polar surface area (TPSA) is 55.3 Å². The van der Waals surface area contributed by atoms with Crippen molar-refractivity contribution in [2.75, 3.05) is 40.5 Å². The summed E-state index contributed by atoms with van der Waals surface area (Å²) in [6.07, 6.45) is 2.57. The van der Waals surface area contributed by atoms with E-state index in [1.807, 2.05) is 13.1 Å². The fourth-order valence-electron chi connectivity index (χ4n) is 4.01. The standard InChI is InChI=1S/C22H29N3O3.HI/c1-23-22(25-9-11-28-21(15-25)20-4-3-10-27-20)24-14-16-5-6-18-13-19(26-2)8-7-17(18)12-16;/h5-8,12-13,20-21H,3-4,9-11,14-15H2,1-2H3,(H,23,24);1H. The molecule has 29 heavy (non-hydrogen) atoms. The monoisotopic (exact) mass is 511 g/mol. The lowest BCUT2D eigenvalue weighted by atomic mass is 10.1. The van der Waals surface area contributed by atoms with Crippen LogP contribution < -0.4 is 10.1 Å². The van der Waals surface area contributed by atoms with E-state index < -0.39 is 0 Å².